The zero-order valence-electron chi connectivity index (χ0n) is 13.6. The normalized spacial score (nSPS) is 12.0. The molecule has 2 amide bonds. The second-order valence-corrected chi connectivity index (χ2v) is 6.81. The van der Waals surface area contributed by atoms with E-state index in [1.54, 1.807) is 6.92 Å². The minimum Gasteiger partial charge on any atom is -0.354 e. The van der Waals surface area contributed by atoms with Crippen LogP contribution < -0.4 is 15.4 Å². The molecular formula is C16H21N3O4S. The largest absolute Gasteiger partial charge is 0.354 e. The first-order valence-corrected chi connectivity index (χ1v) is 8.92. The van der Waals surface area contributed by atoms with Gasteiger partial charge in [0.1, 0.15) is 6.04 Å². The minimum atomic E-state index is -3.70. The van der Waals surface area contributed by atoms with Gasteiger partial charge in [-0.25, -0.2) is 8.42 Å². The molecule has 0 radical (unpaired) electrons. The zero-order valence-corrected chi connectivity index (χ0v) is 14.4. The molecule has 0 aliphatic rings. The molecule has 0 saturated carbocycles. The maximum atomic E-state index is 12.1. The second kappa shape index (κ2) is 9.05. The fourth-order valence-electron chi connectivity index (χ4n) is 1.75. The maximum absolute atomic E-state index is 12.1. The topological polar surface area (TPSA) is 104 Å². The Morgan fingerprint density at radius 2 is 1.88 bits per heavy atom. The van der Waals surface area contributed by atoms with E-state index in [1.165, 1.54) is 24.3 Å². The van der Waals surface area contributed by atoms with Crippen molar-refractivity contribution in [1.82, 2.24) is 15.4 Å². The Bertz CT molecular complexity index is 721. The molecule has 1 unspecified atom stereocenters. The quantitative estimate of drug-likeness (QED) is 0.584. The molecule has 0 spiro atoms. The predicted octanol–water partition coefficient (Wildman–Crippen LogP) is 0.243. The van der Waals surface area contributed by atoms with E-state index in [0.717, 1.165) is 6.42 Å². The minimum absolute atomic E-state index is 0.00281. The third-order valence-corrected chi connectivity index (χ3v) is 4.50. The standard InChI is InChI=1S/C16H21N3O4S/c1-4-10-17-15(20)12(3)19-16(21)13-6-8-14(9-7-13)24(22,23)18-11-5-2/h2,6-9,12,18H,4,10-11H2,1,3H3,(H,17,20)(H,19,21). The van der Waals surface area contributed by atoms with Crippen LogP contribution in [0.4, 0.5) is 0 Å². The van der Waals surface area contributed by atoms with Gasteiger partial charge in [-0.1, -0.05) is 12.8 Å². The first-order chi connectivity index (χ1) is 11.3. The number of rotatable bonds is 8. The van der Waals surface area contributed by atoms with Crippen molar-refractivity contribution in [2.75, 3.05) is 13.1 Å². The fraction of sp³-hybridized carbons (Fsp3) is 0.375. The van der Waals surface area contributed by atoms with Gasteiger partial charge in [0.25, 0.3) is 5.91 Å². The molecule has 0 aliphatic heterocycles. The first kappa shape index (κ1) is 19.7. The summed E-state index contributed by atoms with van der Waals surface area (Å²) < 4.78 is 26.0. The van der Waals surface area contributed by atoms with E-state index in [4.69, 9.17) is 6.42 Å². The van der Waals surface area contributed by atoms with Crippen LogP contribution in [0.5, 0.6) is 0 Å². The van der Waals surface area contributed by atoms with Gasteiger partial charge in [-0.15, -0.1) is 6.42 Å². The van der Waals surface area contributed by atoms with Gasteiger partial charge in [0.15, 0.2) is 0 Å². The third kappa shape index (κ3) is 5.68. The molecule has 130 valence electrons. The molecule has 1 aromatic carbocycles. The monoisotopic (exact) mass is 351 g/mol. The number of carbonyl (C=O) groups excluding carboxylic acids is 2. The van der Waals surface area contributed by atoms with Crippen LogP contribution in [0.15, 0.2) is 29.2 Å². The zero-order chi connectivity index (χ0) is 18.2. The first-order valence-electron chi connectivity index (χ1n) is 7.43. The summed E-state index contributed by atoms with van der Waals surface area (Å²) in [6.07, 6.45) is 5.82. The van der Waals surface area contributed by atoms with Crippen LogP contribution in [0.2, 0.25) is 0 Å². The van der Waals surface area contributed by atoms with Crippen LogP contribution in [-0.4, -0.2) is 39.4 Å². The highest BCUT2D eigenvalue weighted by Crippen LogP contribution is 2.10. The van der Waals surface area contributed by atoms with E-state index in [2.05, 4.69) is 21.3 Å². The summed E-state index contributed by atoms with van der Waals surface area (Å²) in [7, 11) is -3.70. The Kier molecular flexibility index (Phi) is 7.42. The lowest BCUT2D eigenvalue weighted by molar-refractivity contribution is -0.122. The summed E-state index contributed by atoms with van der Waals surface area (Å²) in [5, 5.41) is 5.23. The summed E-state index contributed by atoms with van der Waals surface area (Å²) >= 11 is 0. The number of sulfonamides is 1. The molecule has 1 atom stereocenters. The molecule has 0 aliphatic carbocycles. The lowest BCUT2D eigenvalue weighted by atomic mass is 10.2. The SMILES string of the molecule is C#CCNS(=O)(=O)c1ccc(C(=O)NC(C)C(=O)NCCC)cc1. The molecule has 3 N–H and O–H groups in total. The van der Waals surface area contributed by atoms with Gasteiger partial charge in [0.2, 0.25) is 15.9 Å². The summed E-state index contributed by atoms with van der Waals surface area (Å²) in [5.74, 6) is 1.44. The van der Waals surface area contributed by atoms with Crippen LogP contribution in [0.1, 0.15) is 30.6 Å². The van der Waals surface area contributed by atoms with E-state index in [-0.39, 0.29) is 22.9 Å². The van der Waals surface area contributed by atoms with E-state index >= 15 is 0 Å². The van der Waals surface area contributed by atoms with Gasteiger partial charge in [-0.05, 0) is 37.6 Å². The lowest BCUT2D eigenvalue weighted by Gasteiger charge is -2.14. The van der Waals surface area contributed by atoms with Gasteiger partial charge in [-0.2, -0.15) is 4.72 Å². The average Bonchev–Trinajstić information content (AvgIpc) is 2.57. The third-order valence-electron chi connectivity index (χ3n) is 3.08. The van der Waals surface area contributed by atoms with E-state index in [0.29, 0.717) is 6.54 Å². The molecule has 0 saturated heterocycles. The van der Waals surface area contributed by atoms with Gasteiger partial charge < -0.3 is 10.6 Å². The molecule has 24 heavy (non-hydrogen) atoms. The highest BCUT2D eigenvalue weighted by Gasteiger charge is 2.17. The molecule has 1 rings (SSSR count). The highest BCUT2D eigenvalue weighted by atomic mass is 32.2. The Morgan fingerprint density at radius 3 is 2.42 bits per heavy atom. The summed E-state index contributed by atoms with van der Waals surface area (Å²) in [6.45, 7) is 3.92. The van der Waals surface area contributed by atoms with E-state index in [9.17, 15) is 18.0 Å². The van der Waals surface area contributed by atoms with Gasteiger partial charge in [0.05, 0.1) is 11.4 Å². The maximum Gasteiger partial charge on any atom is 0.251 e. The van der Waals surface area contributed by atoms with E-state index < -0.39 is 22.0 Å². The Morgan fingerprint density at radius 1 is 1.25 bits per heavy atom. The van der Waals surface area contributed by atoms with Crippen LogP contribution >= 0.6 is 0 Å². The van der Waals surface area contributed by atoms with Crippen LogP contribution in [-0.2, 0) is 14.8 Å². The number of amides is 2. The predicted molar refractivity (Wildman–Crippen MR) is 90.7 cm³/mol. The van der Waals surface area contributed by atoms with Gasteiger partial charge >= 0.3 is 0 Å². The van der Waals surface area contributed by atoms with Gasteiger partial charge in [0, 0.05) is 12.1 Å². The van der Waals surface area contributed by atoms with Crippen LogP contribution in [0.25, 0.3) is 0 Å². The number of hydrogen-bond donors (Lipinski definition) is 3. The Hall–Kier alpha value is -2.37. The highest BCUT2D eigenvalue weighted by molar-refractivity contribution is 7.89. The number of nitrogens with one attached hydrogen (secondary N) is 3. The van der Waals surface area contributed by atoms with Crippen molar-refractivity contribution in [1.29, 1.82) is 0 Å². The van der Waals surface area contributed by atoms with Crippen molar-refractivity contribution < 1.29 is 18.0 Å². The lowest BCUT2D eigenvalue weighted by Crippen LogP contribution is -2.45. The van der Waals surface area contributed by atoms with Crippen molar-refractivity contribution in [2.45, 2.75) is 31.2 Å². The number of carbonyl (C=O) groups is 2. The molecule has 0 bridgehead atoms. The molecule has 0 fully saturated rings. The van der Waals surface area contributed by atoms with Crippen molar-refractivity contribution in [3.8, 4) is 12.3 Å². The molecular weight excluding hydrogens is 330 g/mol. The average molecular weight is 351 g/mol. The molecule has 0 aromatic heterocycles. The van der Waals surface area contributed by atoms with Crippen LogP contribution in [0.3, 0.4) is 0 Å². The van der Waals surface area contributed by atoms with Crippen molar-refractivity contribution in [2.24, 2.45) is 0 Å². The van der Waals surface area contributed by atoms with Gasteiger partial charge in [-0.3, -0.25) is 9.59 Å². The number of terminal acetylenes is 1. The molecule has 0 heterocycles. The summed E-state index contributed by atoms with van der Waals surface area (Å²) in [5.41, 5.74) is 0.251. The van der Waals surface area contributed by atoms with Crippen molar-refractivity contribution in [3.63, 3.8) is 0 Å². The van der Waals surface area contributed by atoms with E-state index in [1.807, 2.05) is 6.92 Å². The molecule has 8 heteroatoms. The Balaban J connectivity index is 2.74. The Labute approximate surface area is 142 Å². The fourth-order valence-corrected chi connectivity index (χ4v) is 2.69. The van der Waals surface area contributed by atoms with Crippen molar-refractivity contribution >= 4 is 21.8 Å². The summed E-state index contributed by atoms with van der Waals surface area (Å²) in [4.78, 5) is 23.8. The number of benzene rings is 1. The van der Waals surface area contributed by atoms with Crippen LogP contribution in [0, 0.1) is 12.3 Å². The molecule has 7 nitrogen and oxygen atoms in total. The smallest absolute Gasteiger partial charge is 0.251 e. The van der Waals surface area contributed by atoms with Crippen molar-refractivity contribution in [3.05, 3.63) is 29.8 Å². The second-order valence-electron chi connectivity index (χ2n) is 5.04. The molecule has 1 aromatic rings. The summed E-state index contributed by atoms with van der Waals surface area (Å²) in [6, 6.07) is 4.66. The number of hydrogen-bond acceptors (Lipinski definition) is 4.